The van der Waals surface area contributed by atoms with Crippen LogP contribution in [0, 0.1) is 0 Å². The molecule has 1 amide bonds. The Labute approximate surface area is 114 Å². The lowest BCUT2D eigenvalue weighted by Crippen LogP contribution is -2.26. The van der Waals surface area contributed by atoms with Gasteiger partial charge in [-0.2, -0.15) is 11.3 Å². The number of anilines is 1. The van der Waals surface area contributed by atoms with E-state index in [9.17, 15) is 4.79 Å². The molecule has 0 saturated heterocycles. The Kier molecular flexibility index (Phi) is 4.72. The van der Waals surface area contributed by atoms with Crippen LogP contribution in [0.2, 0.25) is 0 Å². The molecule has 2 heterocycles. The number of thiophene rings is 1. The minimum absolute atomic E-state index is 0.0752. The normalized spacial score (nSPS) is 10.4. The molecule has 6 heteroatoms. The maximum atomic E-state index is 11.6. The average Bonchev–Trinajstić information content (AvgIpc) is 2.96. The number of hydrogen-bond acceptors (Lipinski definition) is 5. The van der Waals surface area contributed by atoms with Gasteiger partial charge in [0, 0.05) is 11.9 Å². The van der Waals surface area contributed by atoms with Crippen LogP contribution in [0.4, 0.5) is 5.13 Å². The van der Waals surface area contributed by atoms with Crippen LogP contribution >= 0.6 is 22.7 Å². The molecule has 0 saturated carbocycles. The van der Waals surface area contributed by atoms with E-state index in [4.69, 9.17) is 5.73 Å². The van der Waals surface area contributed by atoms with E-state index in [-0.39, 0.29) is 5.91 Å². The molecular weight excluding hydrogens is 266 g/mol. The van der Waals surface area contributed by atoms with Gasteiger partial charge >= 0.3 is 0 Å². The summed E-state index contributed by atoms with van der Waals surface area (Å²) in [5, 5.41) is 9.45. The number of nitrogens with two attached hydrogens (primary N) is 1. The highest BCUT2D eigenvalue weighted by molar-refractivity contribution is 7.13. The molecule has 0 spiro atoms. The Bertz CT molecular complexity index is 493. The second kappa shape index (κ2) is 6.51. The second-order valence-electron chi connectivity index (χ2n) is 3.94. The van der Waals surface area contributed by atoms with Crippen molar-refractivity contribution >= 4 is 33.7 Å². The molecule has 3 N–H and O–H groups in total. The third-order valence-corrected chi connectivity index (χ3v) is 3.90. The van der Waals surface area contributed by atoms with Gasteiger partial charge in [0.25, 0.3) is 0 Å². The van der Waals surface area contributed by atoms with Crippen molar-refractivity contribution < 1.29 is 4.79 Å². The SMILES string of the molecule is Nc1nc(CCCNC(=O)Cc2ccsc2)cs1. The number of aromatic nitrogens is 1. The number of nitrogens with one attached hydrogen (secondary N) is 1. The van der Waals surface area contributed by atoms with Crippen LogP contribution in [0.3, 0.4) is 0 Å². The molecular formula is C12H15N3OS2. The van der Waals surface area contributed by atoms with Crippen molar-refractivity contribution in [1.29, 1.82) is 0 Å². The average molecular weight is 281 g/mol. The third-order valence-electron chi connectivity index (χ3n) is 2.45. The Morgan fingerprint density at radius 3 is 3.00 bits per heavy atom. The van der Waals surface area contributed by atoms with E-state index in [1.165, 1.54) is 11.3 Å². The molecule has 2 aromatic heterocycles. The first-order valence-electron chi connectivity index (χ1n) is 5.71. The fraction of sp³-hybridized carbons (Fsp3) is 0.333. The summed E-state index contributed by atoms with van der Waals surface area (Å²) < 4.78 is 0. The predicted octanol–water partition coefficient (Wildman–Crippen LogP) is 2.08. The van der Waals surface area contributed by atoms with Gasteiger partial charge in [-0.3, -0.25) is 4.79 Å². The largest absolute Gasteiger partial charge is 0.375 e. The van der Waals surface area contributed by atoms with Crippen LogP contribution in [0.15, 0.2) is 22.2 Å². The molecule has 0 radical (unpaired) electrons. The summed E-state index contributed by atoms with van der Waals surface area (Å²) in [6, 6.07) is 1.97. The summed E-state index contributed by atoms with van der Waals surface area (Å²) >= 11 is 3.06. The molecule has 0 aliphatic rings. The number of nitrogen functional groups attached to an aromatic ring is 1. The third kappa shape index (κ3) is 4.12. The van der Waals surface area contributed by atoms with E-state index >= 15 is 0 Å². The molecule has 0 bridgehead atoms. The van der Waals surface area contributed by atoms with Crippen LogP contribution in [-0.2, 0) is 17.6 Å². The zero-order chi connectivity index (χ0) is 12.8. The Hall–Kier alpha value is -1.40. The number of hydrogen-bond donors (Lipinski definition) is 2. The first-order chi connectivity index (χ1) is 8.74. The molecule has 0 aliphatic heterocycles. The van der Waals surface area contributed by atoms with Crippen LogP contribution in [0.25, 0.3) is 0 Å². The van der Waals surface area contributed by atoms with Gasteiger partial charge in [0.15, 0.2) is 5.13 Å². The van der Waals surface area contributed by atoms with Gasteiger partial charge in [-0.15, -0.1) is 11.3 Å². The van der Waals surface area contributed by atoms with Gasteiger partial charge < -0.3 is 11.1 Å². The van der Waals surface area contributed by atoms with E-state index in [0.29, 0.717) is 18.1 Å². The fourth-order valence-corrected chi connectivity index (χ4v) is 2.84. The van der Waals surface area contributed by atoms with Crippen molar-refractivity contribution in [2.45, 2.75) is 19.3 Å². The summed E-state index contributed by atoms with van der Waals surface area (Å²) in [6.07, 6.45) is 2.21. The standard InChI is InChI=1S/C12H15N3OS2/c13-12-15-10(8-18-12)2-1-4-14-11(16)6-9-3-5-17-7-9/h3,5,7-8H,1-2,4,6H2,(H2,13,15)(H,14,16). The number of amides is 1. The molecule has 0 aliphatic carbocycles. The molecule has 4 nitrogen and oxygen atoms in total. The number of carbonyl (C=O) groups excluding carboxylic acids is 1. The predicted molar refractivity (Wildman–Crippen MR) is 75.9 cm³/mol. The zero-order valence-corrected chi connectivity index (χ0v) is 11.5. The van der Waals surface area contributed by atoms with Gasteiger partial charge in [-0.25, -0.2) is 4.98 Å². The van der Waals surface area contributed by atoms with E-state index in [1.807, 2.05) is 22.2 Å². The summed E-state index contributed by atoms with van der Waals surface area (Å²) in [7, 11) is 0. The van der Waals surface area contributed by atoms with Crippen LogP contribution in [0.1, 0.15) is 17.7 Å². The minimum Gasteiger partial charge on any atom is -0.375 e. The maximum Gasteiger partial charge on any atom is 0.224 e. The van der Waals surface area contributed by atoms with Gasteiger partial charge in [0.05, 0.1) is 12.1 Å². The molecule has 96 valence electrons. The number of carbonyl (C=O) groups is 1. The van der Waals surface area contributed by atoms with Crippen LogP contribution in [0.5, 0.6) is 0 Å². The zero-order valence-electron chi connectivity index (χ0n) is 9.89. The van der Waals surface area contributed by atoms with Gasteiger partial charge in [0.2, 0.25) is 5.91 Å². The molecule has 2 rings (SSSR count). The summed E-state index contributed by atoms with van der Waals surface area (Å²) in [6.45, 7) is 0.681. The fourth-order valence-electron chi connectivity index (χ4n) is 1.58. The molecule has 0 fully saturated rings. The molecule has 18 heavy (non-hydrogen) atoms. The van der Waals surface area contributed by atoms with Crippen molar-refractivity contribution in [3.63, 3.8) is 0 Å². The number of thiazole rings is 1. The van der Waals surface area contributed by atoms with E-state index in [2.05, 4.69) is 10.3 Å². The molecule has 0 aromatic carbocycles. The summed E-state index contributed by atoms with van der Waals surface area (Å²) in [4.78, 5) is 15.8. The highest BCUT2D eigenvalue weighted by atomic mass is 32.1. The second-order valence-corrected chi connectivity index (χ2v) is 5.61. The Balaban J connectivity index is 1.62. The Morgan fingerprint density at radius 1 is 1.44 bits per heavy atom. The van der Waals surface area contributed by atoms with Crippen molar-refractivity contribution in [2.75, 3.05) is 12.3 Å². The van der Waals surface area contributed by atoms with E-state index in [1.54, 1.807) is 11.3 Å². The first kappa shape index (κ1) is 13.0. The minimum atomic E-state index is 0.0752. The van der Waals surface area contributed by atoms with E-state index in [0.717, 1.165) is 24.1 Å². The monoisotopic (exact) mass is 281 g/mol. The highest BCUT2D eigenvalue weighted by Crippen LogP contribution is 2.12. The van der Waals surface area contributed by atoms with Crippen LogP contribution in [-0.4, -0.2) is 17.4 Å². The van der Waals surface area contributed by atoms with Crippen molar-refractivity contribution in [3.05, 3.63) is 33.5 Å². The molecule has 0 atom stereocenters. The Morgan fingerprint density at radius 2 is 2.33 bits per heavy atom. The number of rotatable bonds is 6. The van der Waals surface area contributed by atoms with Gasteiger partial charge in [0.1, 0.15) is 0 Å². The maximum absolute atomic E-state index is 11.6. The highest BCUT2D eigenvalue weighted by Gasteiger charge is 2.03. The van der Waals surface area contributed by atoms with Crippen molar-refractivity contribution in [2.24, 2.45) is 0 Å². The quantitative estimate of drug-likeness (QED) is 0.797. The van der Waals surface area contributed by atoms with E-state index < -0.39 is 0 Å². The number of aryl methyl sites for hydroxylation is 1. The first-order valence-corrected chi connectivity index (χ1v) is 7.54. The lowest BCUT2D eigenvalue weighted by molar-refractivity contribution is -0.120. The number of nitrogens with zero attached hydrogens (tertiary/aromatic N) is 1. The molecule has 2 aromatic rings. The van der Waals surface area contributed by atoms with Crippen molar-refractivity contribution in [3.8, 4) is 0 Å². The lowest BCUT2D eigenvalue weighted by atomic mass is 10.2. The smallest absolute Gasteiger partial charge is 0.224 e. The van der Waals surface area contributed by atoms with Gasteiger partial charge in [-0.05, 0) is 35.2 Å². The van der Waals surface area contributed by atoms with Crippen molar-refractivity contribution in [1.82, 2.24) is 10.3 Å². The van der Waals surface area contributed by atoms with Crippen LogP contribution < -0.4 is 11.1 Å². The lowest BCUT2D eigenvalue weighted by Gasteiger charge is -2.03. The molecule has 0 unspecified atom stereocenters. The summed E-state index contributed by atoms with van der Waals surface area (Å²) in [5.41, 5.74) is 7.62. The van der Waals surface area contributed by atoms with Gasteiger partial charge in [-0.1, -0.05) is 0 Å². The topological polar surface area (TPSA) is 68.0 Å². The summed E-state index contributed by atoms with van der Waals surface area (Å²) in [5.74, 6) is 0.0752.